The third-order valence-electron chi connectivity index (χ3n) is 2.19. The van der Waals surface area contributed by atoms with Crippen LogP contribution in [0.4, 0.5) is 0 Å². The van der Waals surface area contributed by atoms with E-state index in [-0.39, 0.29) is 18.6 Å². The largest absolute Gasteiger partial charge is 0.481 e. The molecule has 17 heavy (non-hydrogen) atoms. The lowest BCUT2D eigenvalue weighted by Gasteiger charge is -2.11. The van der Waals surface area contributed by atoms with Crippen LogP contribution < -0.4 is 9.47 Å². The highest BCUT2D eigenvalue weighted by atomic mass is 16.5. The Bertz CT molecular complexity index is 407. The molecule has 0 unspecified atom stereocenters. The molecule has 0 fully saturated rings. The predicted molar refractivity (Wildman–Crippen MR) is 60.2 cm³/mol. The molecule has 0 amide bonds. The van der Waals surface area contributed by atoms with Crippen molar-refractivity contribution in [3.63, 3.8) is 0 Å². The zero-order chi connectivity index (χ0) is 12.8. The molecule has 6 nitrogen and oxygen atoms in total. The van der Waals surface area contributed by atoms with E-state index in [1.54, 1.807) is 0 Å². The minimum Gasteiger partial charge on any atom is -0.481 e. The van der Waals surface area contributed by atoms with Gasteiger partial charge in [0.15, 0.2) is 0 Å². The lowest BCUT2D eigenvalue weighted by atomic mass is 10.2. The fourth-order valence-electron chi connectivity index (χ4n) is 1.39. The van der Waals surface area contributed by atoms with Gasteiger partial charge in [-0.2, -0.15) is 4.98 Å². The lowest BCUT2D eigenvalue weighted by molar-refractivity contribution is -0.140. The number of ether oxygens (including phenoxy) is 3. The van der Waals surface area contributed by atoms with E-state index in [4.69, 9.17) is 14.2 Å². The molecular weight excluding hydrogens is 224 g/mol. The molecule has 1 aromatic heterocycles. The van der Waals surface area contributed by atoms with E-state index in [2.05, 4.69) is 9.97 Å². The highest BCUT2D eigenvalue weighted by Crippen LogP contribution is 2.21. The van der Waals surface area contributed by atoms with Crippen LogP contribution in [0.1, 0.15) is 18.2 Å². The summed E-state index contributed by atoms with van der Waals surface area (Å²) >= 11 is 0. The molecule has 0 bridgehead atoms. The van der Waals surface area contributed by atoms with Crippen LogP contribution in [-0.4, -0.2) is 36.8 Å². The summed E-state index contributed by atoms with van der Waals surface area (Å²) in [6, 6.07) is 0.260. The fraction of sp³-hybridized carbons (Fsp3) is 0.545. The van der Waals surface area contributed by atoms with Crippen molar-refractivity contribution in [1.29, 1.82) is 0 Å². The number of carbonyl (C=O) groups excluding carboxylic acids is 1. The number of hydrogen-bond acceptors (Lipinski definition) is 6. The van der Waals surface area contributed by atoms with Crippen LogP contribution in [0.15, 0.2) is 0 Å². The number of methoxy groups -OCH3 is 2. The minimum atomic E-state index is -0.309. The van der Waals surface area contributed by atoms with Gasteiger partial charge in [-0.3, -0.25) is 4.79 Å². The third kappa shape index (κ3) is 3.58. The van der Waals surface area contributed by atoms with E-state index in [1.165, 1.54) is 21.1 Å². The van der Waals surface area contributed by atoms with Crippen molar-refractivity contribution in [1.82, 2.24) is 9.97 Å². The zero-order valence-electron chi connectivity index (χ0n) is 10.4. The maximum absolute atomic E-state index is 10.7. The molecule has 0 saturated carbocycles. The zero-order valence-corrected chi connectivity index (χ0v) is 10.4. The van der Waals surface area contributed by atoms with Crippen molar-refractivity contribution >= 4 is 5.97 Å². The van der Waals surface area contributed by atoms with Gasteiger partial charge in [0.2, 0.25) is 5.88 Å². The van der Waals surface area contributed by atoms with E-state index in [0.717, 1.165) is 11.3 Å². The summed E-state index contributed by atoms with van der Waals surface area (Å²) < 4.78 is 15.0. The number of aryl methyl sites for hydroxylation is 1. The summed E-state index contributed by atoms with van der Waals surface area (Å²) in [5.41, 5.74) is 1.57. The van der Waals surface area contributed by atoms with Crippen LogP contribution >= 0.6 is 0 Å². The molecule has 0 aromatic carbocycles. The van der Waals surface area contributed by atoms with Crippen molar-refractivity contribution in [2.24, 2.45) is 0 Å². The van der Waals surface area contributed by atoms with Gasteiger partial charge in [-0.1, -0.05) is 0 Å². The second-order valence-electron chi connectivity index (χ2n) is 3.37. The van der Waals surface area contributed by atoms with Crippen LogP contribution in [0, 0.1) is 6.92 Å². The number of rotatable bonds is 5. The molecule has 1 aromatic rings. The molecule has 0 aliphatic heterocycles. The summed E-state index contributed by atoms with van der Waals surface area (Å²) in [5.74, 6) is 0.137. The SMILES string of the molecule is COc1nc(C)c(CCOC(C)=O)c(OC)n1. The maximum Gasteiger partial charge on any atom is 0.319 e. The van der Waals surface area contributed by atoms with Gasteiger partial charge in [-0.25, -0.2) is 4.98 Å². The molecule has 1 rings (SSSR count). The van der Waals surface area contributed by atoms with Crippen molar-refractivity contribution in [2.75, 3.05) is 20.8 Å². The Morgan fingerprint density at radius 1 is 1.24 bits per heavy atom. The second kappa shape index (κ2) is 6.03. The Kier molecular flexibility index (Phi) is 4.68. The summed E-state index contributed by atoms with van der Waals surface area (Å²) in [5, 5.41) is 0. The van der Waals surface area contributed by atoms with Crippen molar-refractivity contribution in [3.05, 3.63) is 11.3 Å². The number of aromatic nitrogens is 2. The number of hydrogen-bond donors (Lipinski definition) is 0. The first-order valence-electron chi connectivity index (χ1n) is 5.17. The van der Waals surface area contributed by atoms with Gasteiger partial charge in [0.1, 0.15) is 0 Å². The standard InChI is InChI=1S/C11H16N2O4/c1-7-9(5-6-17-8(2)14)10(15-3)13-11(12-7)16-4/h5-6H2,1-4H3. The molecule has 0 N–H and O–H groups in total. The van der Waals surface area contributed by atoms with Gasteiger partial charge in [0.25, 0.3) is 0 Å². The molecular formula is C11H16N2O4. The fourth-order valence-corrected chi connectivity index (χ4v) is 1.39. The van der Waals surface area contributed by atoms with E-state index >= 15 is 0 Å². The van der Waals surface area contributed by atoms with Crippen molar-refractivity contribution < 1.29 is 19.0 Å². The summed E-state index contributed by atoms with van der Waals surface area (Å²) in [4.78, 5) is 18.9. The maximum atomic E-state index is 10.7. The van der Waals surface area contributed by atoms with Gasteiger partial charge in [0, 0.05) is 18.9 Å². The first kappa shape index (κ1) is 13.2. The first-order valence-corrected chi connectivity index (χ1v) is 5.17. The summed E-state index contributed by atoms with van der Waals surface area (Å²) in [6.07, 6.45) is 0.512. The van der Waals surface area contributed by atoms with Gasteiger partial charge < -0.3 is 14.2 Å². The summed E-state index contributed by atoms with van der Waals surface area (Å²) in [7, 11) is 3.02. The monoisotopic (exact) mass is 240 g/mol. The van der Waals surface area contributed by atoms with Crippen LogP contribution in [0.5, 0.6) is 11.9 Å². The van der Waals surface area contributed by atoms with Gasteiger partial charge in [-0.05, 0) is 6.92 Å². The molecule has 0 saturated heterocycles. The highest BCUT2D eigenvalue weighted by Gasteiger charge is 2.12. The Hall–Kier alpha value is -1.85. The molecule has 0 radical (unpaired) electrons. The number of esters is 1. The summed E-state index contributed by atoms with van der Waals surface area (Å²) in [6.45, 7) is 3.48. The molecule has 0 spiro atoms. The van der Waals surface area contributed by atoms with Crippen molar-refractivity contribution in [3.8, 4) is 11.9 Å². The lowest BCUT2D eigenvalue weighted by Crippen LogP contribution is -2.08. The first-order chi connectivity index (χ1) is 8.08. The third-order valence-corrected chi connectivity index (χ3v) is 2.19. The molecule has 0 aliphatic rings. The van der Waals surface area contributed by atoms with Crippen LogP contribution in [0.3, 0.4) is 0 Å². The van der Waals surface area contributed by atoms with E-state index in [0.29, 0.717) is 12.3 Å². The van der Waals surface area contributed by atoms with E-state index < -0.39 is 0 Å². The molecule has 0 aliphatic carbocycles. The minimum absolute atomic E-state index is 0.260. The highest BCUT2D eigenvalue weighted by molar-refractivity contribution is 5.65. The Morgan fingerprint density at radius 2 is 1.94 bits per heavy atom. The Labute approximate surface area is 99.9 Å². The van der Waals surface area contributed by atoms with Gasteiger partial charge in [0.05, 0.1) is 26.5 Å². The van der Waals surface area contributed by atoms with E-state index in [9.17, 15) is 4.79 Å². The second-order valence-corrected chi connectivity index (χ2v) is 3.37. The normalized spacial score (nSPS) is 9.88. The predicted octanol–water partition coefficient (Wildman–Crippen LogP) is 0.908. The van der Waals surface area contributed by atoms with Crippen LogP contribution in [-0.2, 0) is 16.0 Å². The Morgan fingerprint density at radius 3 is 2.47 bits per heavy atom. The van der Waals surface area contributed by atoms with Crippen LogP contribution in [0.2, 0.25) is 0 Å². The molecule has 6 heteroatoms. The van der Waals surface area contributed by atoms with Gasteiger partial charge >= 0.3 is 12.0 Å². The van der Waals surface area contributed by atoms with Gasteiger partial charge in [-0.15, -0.1) is 0 Å². The van der Waals surface area contributed by atoms with Crippen molar-refractivity contribution in [2.45, 2.75) is 20.3 Å². The number of nitrogens with zero attached hydrogens (tertiary/aromatic N) is 2. The number of carbonyl (C=O) groups is 1. The smallest absolute Gasteiger partial charge is 0.319 e. The average Bonchev–Trinajstić information content (AvgIpc) is 2.30. The van der Waals surface area contributed by atoms with E-state index in [1.807, 2.05) is 6.92 Å². The Balaban J connectivity index is 2.86. The topological polar surface area (TPSA) is 70.5 Å². The molecule has 94 valence electrons. The molecule has 1 heterocycles. The average molecular weight is 240 g/mol. The quantitative estimate of drug-likeness (QED) is 0.712. The van der Waals surface area contributed by atoms with Crippen LogP contribution in [0.25, 0.3) is 0 Å². The molecule has 0 atom stereocenters.